The lowest BCUT2D eigenvalue weighted by Gasteiger charge is -2.23. The molecule has 1 amide bonds. The van der Waals surface area contributed by atoms with Gasteiger partial charge in [-0.15, -0.1) is 10.2 Å². The van der Waals surface area contributed by atoms with Gasteiger partial charge in [-0.05, 0) is 62.0 Å². The van der Waals surface area contributed by atoms with Gasteiger partial charge in [-0.25, -0.2) is 0 Å². The quantitative estimate of drug-likeness (QED) is 0.577. The van der Waals surface area contributed by atoms with Gasteiger partial charge in [-0.3, -0.25) is 9.69 Å². The molecule has 8 heteroatoms. The lowest BCUT2D eigenvalue weighted by Crippen LogP contribution is -2.33. The van der Waals surface area contributed by atoms with Crippen molar-refractivity contribution in [1.82, 2.24) is 19.7 Å². The van der Waals surface area contributed by atoms with Gasteiger partial charge in [0.05, 0.1) is 12.6 Å². The SMILES string of the molecule is CSc1nnc(C2CCCN2CC(=O)Nc2ccc(Oc3ccccc3)cc2)n1C. The molecule has 0 aliphatic carbocycles. The number of hydrogen-bond donors (Lipinski definition) is 1. The van der Waals surface area contributed by atoms with Gasteiger partial charge in [0.25, 0.3) is 0 Å². The second-order valence-corrected chi connectivity index (χ2v) is 7.99. The molecule has 1 saturated heterocycles. The van der Waals surface area contributed by atoms with E-state index in [1.165, 1.54) is 0 Å². The van der Waals surface area contributed by atoms with E-state index in [1.807, 2.05) is 72.5 Å². The molecule has 156 valence electrons. The smallest absolute Gasteiger partial charge is 0.238 e. The molecule has 0 bridgehead atoms. The predicted molar refractivity (Wildman–Crippen MR) is 118 cm³/mol. The standard InChI is InChI=1S/C22H25N5O2S/c1-26-21(24-25-22(26)30-2)19-9-6-14-27(19)15-20(28)23-16-10-12-18(13-11-16)29-17-7-4-3-5-8-17/h3-5,7-8,10-13,19H,6,9,14-15H2,1-2H3,(H,23,28). The monoisotopic (exact) mass is 423 g/mol. The Labute approximate surface area is 180 Å². The van der Waals surface area contributed by atoms with E-state index in [1.54, 1.807) is 11.8 Å². The van der Waals surface area contributed by atoms with Crippen molar-refractivity contribution < 1.29 is 9.53 Å². The molecule has 1 fully saturated rings. The van der Waals surface area contributed by atoms with Crippen LogP contribution >= 0.6 is 11.8 Å². The zero-order chi connectivity index (χ0) is 20.9. The molecule has 2 aromatic carbocycles. The van der Waals surface area contributed by atoms with Gasteiger partial charge in [0.1, 0.15) is 11.5 Å². The number of carbonyl (C=O) groups is 1. The van der Waals surface area contributed by atoms with E-state index in [0.717, 1.165) is 47.6 Å². The fourth-order valence-corrected chi connectivity index (χ4v) is 4.21. The van der Waals surface area contributed by atoms with Crippen LogP contribution < -0.4 is 10.1 Å². The Balaban J connectivity index is 1.35. The Morgan fingerprint density at radius 1 is 1.13 bits per heavy atom. The summed E-state index contributed by atoms with van der Waals surface area (Å²) in [4.78, 5) is 14.8. The number of aromatic nitrogens is 3. The van der Waals surface area contributed by atoms with Crippen molar-refractivity contribution in [3.63, 3.8) is 0 Å². The Kier molecular flexibility index (Phi) is 6.35. The summed E-state index contributed by atoms with van der Waals surface area (Å²) in [5.74, 6) is 2.39. The number of carbonyl (C=O) groups excluding carboxylic acids is 1. The van der Waals surface area contributed by atoms with E-state index >= 15 is 0 Å². The molecule has 7 nitrogen and oxygen atoms in total. The lowest BCUT2D eigenvalue weighted by atomic mass is 10.2. The summed E-state index contributed by atoms with van der Waals surface area (Å²) in [7, 11) is 1.98. The molecule has 1 unspecified atom stereocenters. The topological polar surface area (TPSA) is 72.3 Å². The number of anilines is 1. The van der Waals surface area contributed by atoms with Crippen LogP contribution in [0.25, 0.3) is 0 Å². The van der Waals surface area contributed by atoms with Crippen LogP contribution in [0.3, 0.4) is 0 Å². The minimum absolute atomic E-state index is 0.0362. The number of thioether (sulfide) groups is 1. The Hall–Kier alpha value is -2.84. The maximum absolute atomic E-state index is 12.6. The van der Waals surface area contributed by atoms with Gasteiger partial charge >= 0.3 is 0 Å². The van der Waals surface area contributed by atoms with Crippen molar-refractivity contribution in [3.8, 4) is 11.5 Å². The third-order valence-electron chi connectivity index (χ3n) is 5.18. The van der Waals surface area contributed by atoms with Crippen LogP contribution in [0.2, 0.25) is 0 Å². The predicted octanol–water partition coefficient (Wildman–Crippen LogP) is 4.10. The molecule has 4 rings (SSSR count). The van der Waals surface area contributed by atoms with Gasteiger partial charge < -0.3 is 14.6 Å². The molecular formula is C22H25N5O2S. The van der Waals surface area contributed by atoms with Crippen molar-refractivity contribution in [2.24, 2.45) is 7.05 Å². The number of benzene rings is 2. The molecule has 2 heterocycles. The normalized spacial score (nSPS) is 16.5. The number of nitrogens with zero attached hydrogens (tertiary/aromatic N) is 4. The van der Waals surface area contributed by atoms with E-state index in [2.05, 4.69) is 20.4 Å². The summed E-state index contributed by atoms with van der Waals surface area (Å²) in [6, 6.07) is 17.1. The highest BCUT2D eigenvalue weighted by molar-refractivity contribution is 7.98. The van der Waals surface area contributed by atoms with Crippen LogP contribution in [0, 0.1) is 0 Å². The van der Waals surface area contributed by atoms with E-state index in [9.17, 15) is 4.79 Å². The number of nitrogens with one attached hydrogen (secondary N) is 1. The highest BCUT2D eigenvalue weighted by atomic mass is 32.2. The van der Waals surface area contributed by atoms with Crippen molar-refractivity contribution in [2.45, 2.75) is 24.0 Å². The lowest BCUT2D eigenvalue weighted by molar-refractivity contribution is -0.117. The number of para-hydroxylation sites is 1. The summed E-state index contributed by atoms with van der Waals surface area (Å²) in [6.45, 7) is 1.21. The summed E-state index contributed by atoms with van der Waals surface area (Å²) in [5.41, 5.74) is 0.750. The number of ether oxygens (including phenoxy) is 1. The minimum atomic E-state index is -0.0362. The molecule has 1 aliphatic heterocycles. The maximum atomic E-state index is 12.6. The summed E-state index contributed by atoms with van der Waals surface area (Å²) in [6.07, 6.45) is 4.02. The van der Waals surface area contributed by atoms with Crippen LogP contribution in [-0.4, -0.2) is 44.9 Å². The first-order chi connectivity index (χ1) is 14.6. The van der Waals surface area contributed by atoms with Crippen molar-refractivity contribution in [3.05, 3.63) is 60.4 Å². The van der Waals surface area contributed by atoms with Crippen LogP contribution in [-0.2, 0) is 11.8 Å². The fraction of sp³-hybridized carbons (Fsp3) is 0.318. The Morgan fingerprint density at radius 2 is 1.87 bits per heavy atom. The zero-order valence-corrected chi connectivity index (χ0v) is 17.9. The van der Waals surface area contributed by atoms with E-state index in [-0.39, 0.29) is 11.9 Å². The Morgan fingerprint density at radius 3 is 2.57 bits per heavy atom. The molecule has 1 N–H and O–H groups in total. The number of amides is 1. The first kappa shape index (κ1) is 20.4. The molecule has 3 aromatic rings. The molecule has 1 atom stereocenters. The average molecular weight is 424 g/mol. The van der Waals surface area contributed by atoms with E-state index in [0.29, 0.717) is 6.54 Å². The highest BCUT2D eigenvalue weighted by Gasteiger charge is 2.31. The highest BCUT2D eigenvalue weighted by Crippen LogP contribution is 2.31. The van der Waals surface area contributed by atoms with Gasteiger partial charge in [0, 0.05) is 12.7 Å². The largest absolute Gasteiger partial charge is 0.457 e. The second-order valence-electron chi connectivity index (χ2n) is 7.22. The summed E-state index contributed by atoms with van der Waals surface area (Å²) >= 11 is 1.57. The third kappa shape index (κ3) is 4.66. The van der Waals surface area contributed by atoms with Gasteiger partial charge in [-0.1, -0.05) is 30.0 Å². The number of rotatable bonds is 7. The van der Waals surface area contributed by atoms with Gasteiger partial charge in [0.2, 0.25) is 5.91 Å². The maximum Gasteiger partial charge on any atom is 0.238 e. The second kappa shape index (κ2) is 9.32. The molecule has 0 saturated carbocycles. The molecule has 30 heavy (non-hydrogen) atoms. The van der Waals surface area contributed by atoms with E-state index in [4.69, 9.17) is 4.74 Å². The Bertz CT molecular complexity index is 991. The molecule has 0 radical (unpaired) electrons. The summed E-state index contributed by atoms with van der Waals surface area (Å²) in [5, 5.41) is 12.5. The van der Waals surface area contributed by atoms with Gasteiger partial charge in [0.15, 0.2) is 11.0 Å². The van der Waals surface area contributed by atoms with Crippen molar-refractivity contribution >= 4 is 23.4 Å². The van der Waals surface area contributed by atoms with E-state index < -0.39 is 0 Å². The number of likely N-dealkylation sites (tertiary alicyclic amines) is 1. The van der Waals surface area contributed by atoms with Crippen LogP contribution in [0.1, 0.15) is 24.7 Å². The van der Waals surface area contributed by atoms with Crippen LogP contribution in [0.5, 0.6) is 11.5 Å². The summed E-state index contributed by atoms with van der Waals surface area (Å²) < 4.78 is 7.82. The van der Waals surface area contributed by atoms with Crippen molar-refractivity contribution in [2.75, 3.05) is 24.7 Å². The fourth-order valence-electron chi connectivity index (χ4n) is 3.72. The first-order valence-corrected chi connectivity index (χ1v) is 11.2. The van der Waals surface area contributed by atoms with Gasteiger partial charge in [-0.2, -0.15) is 0 Å². The van der Waals surface area contributed by atoms with Crippen LogP contribution in [0.15, 0.2) is 59.8 Å². The number of hydrogen-bond acceptors (Lipinski definition) is 6. The first-order valence-electron chi connectivity index (χ1n) is 9.94. The minimum Gasteiger partial charge on any atom is -0.457 e. The average Bonchev–Trinajstić information content (AvgIpc) is 3.35. The molecule has 1 aromatic heterocycles. The third-order valence-corrected chi connectivity index (χ3v) is 5.90. The molecule has 0 spiro atoms. The molecular weight excluding hydrogens is 398 g/mol. The molecule has 1 aliphatic rings. The van der Waals surface area contributed by atoms with Crippen LogP contribution in [0.4, 0.5) is 5.69 Å². The van der Waals surface area contributed by atoms with Crippen molar-refractivity contribution in [1.29, 1.82) is 0 Å². The zero-order valence-electron chi connectivity index (χ0n) is 17.1.